The molecule has 5 heteroatoms. The Hall–Kier alpha value is -1.78. The first-order chi connectivity index (χ1) is 9.97. The quantitative estimate of drug-likeness (QED) is 0.679. The van der Waals surface area contributed by atoms with Crippen molar-refractivity contribution in [2.45, 2.75) is 65.6 Å². The second-order valence-electron chi connectivity index (χ2n) is 5.17. The molecule has 0 radical (unpaired) electrons. The van der Waals surface area contributed by atoms with E-state index in [9.17, 15) is 9.59 Å². The first-order valence-electron chi connectivity index (χ1n) is 7.49. The Bertz CT molecular complexity index is 422. The summed E-state index contributed by atoms with van der Waals surface area (Å²) in [6, 6.07) is 2.87. The predicted octanol–water partition coefficient (Wildman–Crippen LogP) is 3.97. The van der Waals surface area contributed by atoms with Crippen molar-refractivity contribution in [3.05, 3.63) is 23.7 Å². The summed E-state index contributed by atoms with van der Waals surface area (Å²) in [5.41, 5.74) is 0. The number of hydrogen-bond acceptors (Lipinski definition) is 5. The Morgan fingerprint density at radius 1 is 0.952 bits per heavy atom. The van der Waals surface area contributed by atoms with Crippen molar-refractivity contribution in [3.63, 3.8) is 0 Å². The molecule has 0 saturated heterocycles. The fraction of sp³-hybridized carbons (Fsp3) is 0.625. The van der Waals surface area contributed by atoms with Crippen LogP contribution in [0, 0.1) is 0 Å². The summed E-state index contributed by atoms with van der Waals surface area (Å²) in [4.78, 5) is 23.6. The molecule has 0 saturated carbocycles. The van der Waals surface area contributed by atoms with Gasteiger partial charge in [0.1, 0.15) is 0 Å². The van der Waals surface area contributed by atoms with Crippen molar-refractivity contribution in [1.82, 2.24) is 0 Å². The molecule has 0 amide bonds. The summed E-state index contributed by atoms with van der Waals surface area (Å²) in [6.45, 7) is 7.68. The van der Waals surface area contributed by atoms with Crippen molar-refractivity contribution in [1.29, 1.82) is 0 Å². The Morgan fingerprint density at radius 2 is 1.33 bits per heavy atom. The molecule has 118 valence electrons. The van der Waals surface area contributed by atoms with E-state index in [0.29, 0.717) is 0 Å². The molecule has 1 rings (SSSR count). The minimum Gasteiger partial charge on any atom is -0.457 e. The molecule has 1 aromatic rings. The molecule has 0 aromatic carbocycles. The summed E-state index contributed by atoms with van der Waals surface area (Å²) in [6.07, 6.45) is 3.09. The molecule has 2 unspecified atom stereocenters. The first kappa shape index (κ1) is 17.3. The summed E-state index contributed by atoms with van der Waals surface area (Å²) in [5.74, 6) is -1.07. The minimum atomic E-state index is -0.559. The Morgan fingerprint density at radius 3 is 1.67 bits per heavy atom. The molecule has 1 heterocycles. The third kappa shape index (κ3) is 5.61. The van der Waals surface area contributed by atoms with E-state index < -0.39 is 11.9 Å². The summed E-state index contributed by atoms with van der Waals surface area (Å²) in [5, 5.41) is 0. The number of hydrogen-bond donors (Lipinski definition) is 0. The number of ether oxygens (including phenoxy) is 2. The lowest BCUT2D eigenvalue weighted by atomic mass is 10.2. The van der Waals surface area contributed by atoms with E-state index in [2.05, 4.69) is 0 Å². The maximum Gasteiger partial charge on any atom is 0.374 e. The van der Waals surface area contributed by atoms with Crippen LogP contribution in [0.15, 0.2) is 16.5 Å². The Labute approximate surface area is 125 Å². The van der Waals surface area contributed by atoms with Gasteiger partial charge in [0.05, 0.1) is 12.2 Å². The van der Waals surface area contributed by atoms with Gasteiger partial charge in [-0.25, -0.2) is 9.59 Å². The van der Waals surface area contributed by atoms with Crippen molar-refractivity contribution in [3.8, 4) is 0 Å². The van der Waals surface area contributed by atoms with E-state index in [1.54, 1.807) is 0 Å². The lowest BCUT2D eigenvalue weighted by molar-refractivity contribution is 0.0254. The van der Waals surface area contributed by atoms with E-state index in [1.165, 1.54) is 12.1 Å². The standard InChI is InChI=1S/C16H24O5/c1-5-7-11(3)19-15(17)13-9-10-14(21-13)16(18)20-12(4)8-6-2/h9-12H,5-8H2,1-4H3. The highest BCUT2D eigenvalue weighted by atomic mass is 16.6. The van der Waals surface area contributed by atoms with Crippen LogP contribution in [0.3, 0.4) is 0 Å². The van der Waals surface area contributed by atoms with Crippen LogP contribution in [-0.4, -0.2) is 24.1 Å². The van der Waals surface area contributed by atoms with Crippen LogP contribution >= 0.6 is 0 Å². The van der Waals surface area contributed by atoms with Gasteiger partial charge in [0.2, 0.25) is 11.5 Å². The monoisotopic (exact) mass is 296 g/mol. The molecule has 5 nitrogen and oxygen atoms in total. The largest absolute Gasteiger partial charge is 0.457 e. The molecule has 0 fully saturated rings. The molecule has 1 aromatic heterocycles. The highest BCUT2D eigenvalue weighted by Crippen LogP contribution is 2.14. The van der Waals surface area contributed by atoms with Gasteiger partial charge in [0.25, 0.3) is 0 Å². The van der Waals surface area contributed by atoms with Gasteiger partial charge >= 0.3 is 11.9 Å². The van der Waals surface area contributed by atoms with Crippen molar-refractivity contribution in [2.75, 3.05) is 0 Å². The van der Waals surface area contributed by atoms with Crippen LogP contribution in [0.25, 0.3) is 0 Å². The van der Waals surface area contributed by atoms with Gasteiger partial charge < -0.3 is 13.9 Å². The Kier molecular flexibility index (Phi) is 6.99. The maximum absolute atomic E-state index is 11.8. The molecule has 0 spiro atoms. The fourth-order valence-electron chi connectivity index (χ4n) is 1.97. The molecule has 0 bridgehead atoms. The van der Waals surface area contributed by atoms with Gasteiger partial charge in [-0.05, 0) is 38.8 Å². The highest BCUT2D eigenvalue weighted by Gasteiger charge is 2.20. The molecule has 2 atom stereocenters. The zero-order valence-corrected chi connectivity index (χ0v) is 13.2. The summed E-state index contributed by atoms with van der Waals surface area (Å²) in [7, 11) is 0. The SMILES string of the molecule is CCCC(C)OC(=O)c1ccc(C(=O)OC(C)CCC)o1. The lowest BCUT2D eigenvalue weighted by Gasteiger charge is -2.11. The van der Waals surface area contributed by atoms with Gasteiger partial charge in [0.15, 0.2) is 0 Å². The average molecular weight is 296 g/mol. The lowest BCUT2D eigenvalue weighted by Crippen LogP contribution is -2.15. The van der Waals surface area contributed by atoms with Gasteiger partial charge in [-0.2, -0.15) is 0 Å². The average Bonchev–Trinajstić information content (AvgIpc) is 2.88. The Balaban J connectivity index is 2.59. The van der Waals surface area contributed by atoms with Crippen molar-refractivity contribution in [2.24, 2.45) is 0 Å². The molecule has 0 N–H and O–H groups in total. The predicted molar refractivity (Wildman–Crippen MR) is 78.3 cm³/mol. The fourth-order valence-corrected chi connectivity index (χ4v) is 1.97. The number of carbonyl (C=O) groups excluding carboxylic acids is 2. The van der Waals surface area contributed by atoms with Crippen LogP contribution < -0.4 is 0 Å². The van der Waals surface area contributed by atoms with Gasteiger partial charge in [-0.1, -0.05) is 26.7 Å². The molecular weight excluding hydrogens is 272 g/mol. The third-order valence-corrected chi connectivity index (χ3v) is 3.02. The number of rotatable bonds is 8. The smallest absolute Gasteiger partial charge is 0.374 e. The maximum atomic E-state index is 11.8. The molecule has 0 aliphatic heterocycles. The topological polar surface area (TPSA) is 65.7 Å². The van der Waals surface area contributed by atoms with Crippen LogP contribution in [0.5, 0.6) is 0 Å². The summed E-state index contributed by atoms with van der Waals surface area (Å²) < 4.78 is 15.6. The first-order valence-corrected chi connectivity index (χ1v) is 7.49. The highest BCUT2D eigenvalue weighted by molar-refractivity contribution is 5.90. The minimum absolute atomic E-state index is 0.0213. The third-order valence-electron chi connectivity index (χ3n) is 3.02. The molecular formula is C16H24O5. The van der Waals surface area contributed by atoms with Crippen molar-refractivity contribution < 1.29 is 23.5 Å². The molecule has 0 aliphatic carbocycles. The van der Waals surface area contributed by atoms with E-state index in [0.717, 1.165) is 25.7 Å². The second-order valence-corrected chi connectivity index (χ2v) is 5.17. The normalized spacial score (nSPS) is 13.5. The van der Waals surface area contributed by atoms with Crippen LogP contribution in [0.1, 0.15) is 74.5 Å². The van der Waals surface area contributed by atoms with Gasteiger partial charge in [-0.15, -0.1) is 0 Å². The van der Waals surface area contributed by atoms with E-state index in [1.807, 2.05) is 27.7 Å². The van der Waals surface area contributed by atoms with Crippen LogP contribution in [0.2, 0.25) is 0 Å². The zero-order chi connectivity index (χ0) is 15.8. The zero-order valence-electron chi connectivity index (χ0n) is 13.2. The van der Waals surface area contributed by atoms with Crippen LogP contribution in [-0.2, 0) is 9.47 Å². The van der Waals surface area contributed by atoms with E-state index in [4.69, 9.17) is 13.9 Å². The van der Waals surface area contributed by atoms with E-state index in [-0.39, 0.29) is 23.7 Å². The van der Waals surface area contributed by atoms with Gasteiger partial charge in [0, 0.05) is 0 Å². The van der Waals surface area contributed by atoms with Gasteiger partial charge in [-0.3, -0.25) is 0 Å². The number of esters is 2. The number of carbonyl (C=O) groups is 2. The van der Waals surface area contributed by atoms with E-state index >= 15 is 0 Å². The van der Waals surface area contributed by atoms with Crippen molar-refractivity contribution >= 4 is 11.9 Å². The number of furan rings is 1. The molecule has 0 aliphatic rings. The molecule has 21 heavy (non-hydrogen) atoms. The summed E-state index contributed by atoms with van der Waals surface area (Å²) >= 11 is 0. The van der Waals surface area contributed by atoms with Crippen LogP contribution in [0.4, 0.5) is 0 Å². The second kappa shape index (κ2) is 8.49.